The molecule has 4 aromatic rings. The third-order valence-electron chi connectivity index (χ3n) is 6.39. The monoisotopic (exact) mass is 491 g/mol. The number of nitrogens with one attached hydrogen (secondary N) is 2. The molecule has 0 spiro atoms. The van der Waals surface area contributed by atoms with E-state index in [2.05, 4.69) is 37.5 Å². The Balaban J connectivity index is 0.00000200. The Morgan fingerprint density at radius 1 is 1.11 bits per heavy atom. The highest BCUT2D eigenvalue weighted by atomic mass is 19.1. The molecule has 1 aliphatic heterocycles. The highest BCUT2D eigenvalue weighted by Gasteiger charge is 2.22. The number of aromatic nitrogens is 4. The zero-order valence-electron chi connectivity index (χ0n) is 20.0. The molecule has 5 rings (SSSR count). The molecule has 188 valence electrons. The number of hydrogen-bond donors (Lipinski definition) is 2. The average Bonchev–Trinajstić information content (AvgIpc) is 3.48. The summed E-state index contributed by atoms with van der Waals surface area (Å²) in [6.45, 7) is 3.22. The van der Waals surface area contributed by atoms with Gasteiger partial charge in [0.25, 0.3) is 5.91 Å². The number of likely N-dealkylation sites (tertiary alicyclic amines) is 1. The van der Waals surface area contributed by atoms with Crippen LogP contribution in [0, 0.1) is 5.95 Å². The van der Waals surface area contributed by atoms with Crippen LogP contribution in [0.2, 0.25) is 0 Å². The van der Waals surface area contributed by atoms with Gasteiger partial charge in [-0.05, 0) is 56.1 Å². The van der Waals surface area contributed by atoms with Crippen molar-refractivity contribution in [3.63, 3.8) is 0 Å². The van der Waals surface area contributed by atoms with E-state index in [-0.39, 0.29) is 26.6 Å². The number of halogens is 1. The molecule has 0 radical (unpaired) electrons. The number of carbonyl (C=O) groups is 2. The Morgan fingerprint density at radius 3 is 2.72 bits per heavy atom. The van der Waals surface area contributed by atoms with Gasteiger partial charge in [-0.25, -0.2) is 4.98 Å². The maximum absolute atomic E-state index is 14.4. The van der Waals surface area contributed by atoms with Crippen molar-refractivity contribution in [2.24, 2.45) is 7.05 Å². The number of anilines is 2. The highest BCUT2D eigenvalue weighted by molar-refractivity contribution is 6.06. The van der Waals surface area contributed by atoms with Crippen LogP contribution in [0.1, 0.15) is 33.0 Å². The van der Waals surface area contributed by atoms with Crippen molar-refractivity contribution in [2.75, 3.05) is 23.7 Å². The molecule has 0 aliphatic carbocycles. The standard InChI is InChI=1S/C26H26FN7O2.2H2/c1-16-4-3-7-34(16)15-24(35)31-21-10-23(25(27)29-13-21)32-26(36)19-9-18-8-17(5-6-22(18)28-11-19)20-12-30-33(2)14-20;;/h5-6,8-14,16H,3-4,7,15H2,1-2H3,(H,31,35)(H,32,36);2*1H/t16-;;/m0../s1. The number of hydrogen-bond acceptors (Lipinski definition) is 6. The molecule has 10 heteroatoms. The van der Waals surface area contributed by atoms with Crippen LogP contribution < -0.4 is 10.6 Å². The van der Waals surface area contributed by atoms with Crippen molar-refractivity contribution in [3.05, 3.63) is 66.6 Å². The molecule has 9 nitrogen and oxygen atoms in total. The molecule has 2 N–H and O–H groups in total. The fraction of sp³-hybridized carbons (Fsp3) is 0.269. The van der Waals surface area contributed by atoms with Crippen molar-refractivity contribution in [2.45, 2.75) is 25.8 Å². The molecule has 1 saturated heterocycles. The Bertz CT molecular complexity index is 1460. The van der Waals surface area contributed by atoms with E-state index in [1.54, 1.807) is 16.9 Å². The molecule has 1 aromatic carbocycles. The van der Waals surface area contributed by atoms with Crippen molar-refractivity contribution in [3.8, 4) is 11.1 Å². The fourth-order valence-corrected chi connectivity index (χ4v) is 4.42. The van der Waals surface area contributed by atoms with Gasteiger partial charge in [0.1, 0.15) is 0 Å². The Hall–Kier alpha value is -4.18. The Kier molecular flexibility index (Phi) is 6.43. The van der Waals surface area contributed by atoms with Crippen LogP contribution in [0.15, 0.2) is 55.1 Å². The molecule has 0 unspecified atom stereocenters. The first-order valence-electron chi connectivity index (χ1n) is 11.8. The Morgan fingerprint density at radius 2 is 1.97 bits per heavy atom. The maximum atomic E-state index is 14.4. The SMILES string of the molecule is C[C@H]1CCCN1CC(=O)Nc1cnc(F)c(NC(=O)c2cnc3ccc(-c4cnn(C)c4)cc3c2)c1.[HH].[HH]. The summed E-state index contributed by atoms with van der Waals surface area (Å²) in [5.74, 6) is -1.59. The molecule has 36 heavy (non-hydrogen) atoms. The summed E-state index contributed by atoms with van der Waals surface area (Å²) < 4.78 is 16.1. The minimum absolute atomic E-state index is 0. The third-order valence-corrected chi connectivity index (χ3v) is 6.39. The van der Waals surface area contributed by atoms with Gasteiger partial charge in [-0.3, -0.25) is 24.2 Å². The van der Waals surface area contributed by atoms with Crippen LogP contribution in [-0.2, 0) is 11.8 Å². The van der Waals surface area contributed by atoms with Crippen LogP contribution in [0.4, 0.5) is 15.8 Å². The van der Waals surface area contributed by atoms with Gasteiger partial charge >= 0.3 is 0 Å². The first-order valence-corrected chi connectivity index (χ1v) is 11.8. The number of amides is 2. The lowest BCUT2D eigenvalue weighted by Crippen LogP contribution is -2.35. The van der Waals surface area contributed by atoms with Crippen LogP contribution in [0.5, 0.6) is 0 Å². The number of carbonyl (C=O) groups excluding carboxylic acids is 2. The van der Waals surface area contributed by atoms with Gasteiger partial charge in [0.05, 0.1) is 41.4 Å². The summed E-state index contributed by atoms with van der Waals surface area (Å²) in [6.07, 6.45) is 8.47. The molecule has 1 atom stereocenters. The molecular weight excluding hydrogens is 461 g/mol. The van der Waals surface area contributed by atoms with E-state index in [9.17, 15) is 14.0 Å². The molecule has 4 heterocycles. The number of aryl methyl sites for hydroxylation is 1. The summed E-state index contributed by atoms with van der Waals surface area (Å²) in [7, 11) is 1.84. The van der Waals surface area contributed by atoms with Gasteiger partial charge in [-0.2, -0.15) is 9.49 Å². The summed E-state index contributed by atoms with van der Waals surface area (Å²) >= 11 is 0. The van der Waals surface area contributed by atoms with Crippen molar-refractivity contribution in [1.29, 1.82) is 0 Å². The number of nitrogens with zero attached hydrogens (tertiary/aromatic N) is 5. The van der Waals surface area contributed by atoms with Crippen LogP contribution in [0.3, 0.4) is 0 Å². The van der Waals surface area contributed by atoms with E-state index in [0.29, 0.717) is 11.7 Å². The summed E-state index contributed by atoms with van der Waals surface area (Å²) in [4.78, 5) is 35.5. The van der Waals surface area contributed by atoms with E-state index in [1.165, 1.54) is 18.5 Å². The van der Waals surface area contributed by atoms with E-state index in [1.807, 2.05) is 31.4 Å². The van der Waals surface area contributed by atoms with E-state index in [4.69, 9.17) is 0 Å². The number of benzene rings is 1. The average molecular weight is 492 g/mol. The minimum Gasteiger partial charge on any atom is -0.324 e. The van der Waals surface area contributed by atoms with Gasteiger partial charge in [0.2, 0.25) is 11.9 Å². The molecular formula is C26H30FN7O2. The zero-order valence-corrected chi connectivity index (χ0v) is 20.0. The predicted octanol–water partition coefficient (Wildman–Crippen LogP) is 4.34. The Labute approximate surface area is 210 Å². The zero-order chi connectivity index (χ0) is 25.2. The second-order valence-corrected chi connectivity index (χ2v) is 9.06. The van der Waals surface area contributed by atoms with Gasteiger partial charge in [-0.1, -0.05) is 6.07 Å². The van der Waals surface area contributed by atoms with Gasteiger partial charge in [0, 0.05) is 39.3 Å². The molecule has 1 aliphatic rings. The number of rotatable bonds is 6. The molecule has 2 amide bonds. The molecule has 0 bridgehead atoms. The van der Waals surface area contributed by atoms with Gasteiger partial charge in [-0.15, -0.1) is 0 Å². The first kappa shape index (κ1) is 23.6. The smallest absolute Gasteiger partial charge is 0.257 e. The lowest BCUT2D eigenvalue weighted by molar-refractivity contribution is -0.117. The first-order chi connectivity index (χ1) is 17.4. The van der Waals surface area contributed by atoms with E-state index < -0.39 is 11.9 Å². The topological polar surface area (TPSA) is 105 Å². The summed E-state index contributed by atoms with van der Waals surface area (Å²) in [6, 6.07) is 9.16. The highest BCUT2D eigenvalue weighted by Crippen LogP contribution is 2.25. The van der Waals surface area contributed by atoms with E-state index >= 15 is 0 Å². The lowest BCUT2D eigenvalue weighted by atomic mass is 10.1. The van der Waals surface area contributed by atoms with Crippen LogP contribution in [0.25, 0.3) is 22.0 Å². The number of fused-ring (bicyclic) bond motifs is 1. The van der Waals surface area contributed by atoms with Gasteiger partial charge < -0.3 is 10.6 Å². The predicted molar refractivity (Wildman–Crippen MR) is 139 cm³/mol. The summed E-state index contributed by atoms with van der Waals surface area (Å²) in [5.41, 5.74) is 3.06. The van der Waals surface area contributed by atoms with Crippen LogP contribution >= 0.6 is 0 Å². The van der Waals surface area contributed by atoms with Crippen LogP contribution in [-0.4, -0.2) is 55.6 Å². The third kappa shape index (κ3) is 5.08. The van der Waals surface area contributed by atoms with E-state index in [0.717, 1.165) is 41.4 Å². The maximum Gasteiger partial charge on any atom is 0.257 e. The minimum atomic E-state index is -0.845. The van der Waals surface area contributed by atoms with Crippen molar-refractivity contribution < 1.29 is 16.8 Å². The largest absolute Gasteiger partial charge is 0.324 e. The number of pyridine rings is 2. The molecule has 3 aromatic heterocycles. The lowest BCUT2D eigenvalue weighted by Gasteiger charge is -2.20. The van der Waals surface area contributed by atoms with Gasteiger partial charge in [0.15, 0.2) is 0 Å². The molecule has 1 fully saturated rings. The molecule has 0 saturated carbocycles. The second kappa shape index (κ2) is 9.82. The quantitative estimate of drug-likeness (QED) is 0.389. The normalized spacial score (nSPS) is 15.8. The second-order valence-electron chi connectivity index (χ2n) is 9.06. The fourth-order valence-electron chi connectivity index (χ4n) is 4.42. The summed E-state index contributed by atoms with van der Waals surface area (Å²) in [5, 5.41) is 10.2. The van der Waals surface area contributed by atoms with Crippen molar-refractivity contribution >= 4 is 34.1 Å². The van der Waals surface area contributed by atoms with Crippen molar-refractivity contribution in [1.82, 2.24) is 24.6 Å².